The highest BCUT2D eigenvalue weighted by atomic mass is 35.5. The lowest BCUT2D eigenvalue weighted by Crippen LogP contribution is -3.06. The fourth-order valence-electron chi connectivity index (χ4n) is 2.35. The van der Waals surface area contributed by atoms with Crippen LogP contribution in [0.25, 0.3) is 11.5 Å². The molecule has 0 fully saturated rings. The fourth-order valence-corrected chi connectivity index (χ4v) is 2.67. The first kappa shape index (κ1) is 16.9. The summed E-state index contributed by atoms with van der Waals surface area (Å²) in [5, 5.41) is 9.14. The molecule has 2 aromatic carbocycles. The van der Waals surface area contributed by atoms with Gasteiger partial charge in [0, 0.05) is 11.1 Å². The second-order valence-corrected chi connectivity index (χ2v) is 6.38. The molecule has 0 saturated carbocycles. The second-order valence-electron chi connectivity index (χ2n) is 5.57. The SMILES string of the molecule is C[NH+](Cc1ccc(Cl)c(Cl)c1)Cc1nnc(-c2ccc(F)cc2)o1. The van der Waals surface area contributed by atoms with E-state index in [2.05, 4.69) is 10.2 Å². The molecule has 124 valence electrons. The number of benzene rings is 2. The molecule has 1 unspecified atom stereocenters. The molecule has 0 aliphatic carbocycles. The van der Waals surface area contributed by atoms with Crippen LogP contribution in [-0.2, 0) is 13.1 Å². The van der Waals surface area contributed by atoms with Crippen molar-refractivity contribution >= 4 is 23.2 Å². The van der Waals surface area contributed by atoms with Crippen LogP contribution in [0.4, 0.5) is 4.39 Å². The van der Waals surface area contributed by atoms with E-state index in [4.69, 9.17) is 27.6 Å². The van der Waals surface area contributed by atoms with Gasteiger partial charge in [-0.15, -0.1) is 10.2 Å². The van der Waals surface area contributed by atoms with Gasteiger partial charge in [-0.1, -0.05) is 29.3 Å². The number of hydrogen-bond donors (Lipinski definition) is 1. The maximum absolute atomic E-state index is 13.0. The van der Waals surface area contributed by atoms with Crippen LogP contribution in [0, 0.1) is 5.82 Å². The van der Waals surface area contributed by atoms with Crippen molar-refractivity contribution in [1.82, 2.24) is 10.2 Å². The molecule has 0 radical (unpaired) electrons. The minimum absolute atomic E-state index is 0.302. The third-order valence-corrected chi connectivity index (χ3v) is 4.24. The number of nitrogens with zero attached hydrogens (tertiary/aromatic N) is 2. The van der Waals surface area contributed by atoms with Crippen molar-refractivity contribution in [3.05, 3.63) is 69.8 Å². The van der Waals surface area contributed by atoms with E-state index < -0.39 is 0 Å². The molecule has 0 bridgehead atoms. The van der Waals surface area contributed by atoms with Gasteiger partial charge in [-0.25, -0.2) is 4.39 Å². The topological polar surface area (TPSA) is 43.4 Å². The van der Waals surface area contributed by atoms with Crippen LogP contribution >= 0.6 is 23.2 Å². The zero-order valence-corrected chi connectivity index (χ0v) is 14.4. The van der Waals surface area contributed by atoms with E-state index in [-0.39, 0.29) is 5.82 Å². The fraction of sp³-hybridized carbons (Fsp3) is 0.176. The lowest BCUT2D eigenvalue weighted by atomic mass is 10.2. The average molecular weight is 367 g/mol. The van der Waals surface area contributed by atoms with Crippen LogP contribution in [0.5, 0.6) is 0 Å². The molecule has 4 nitrogen and oxygen atoms in total. The molecule has 1 N–H and O–H groups in total. The van der Waals surface area contributed by atoms with Crippen LogP contribution in [0.2, 0.25) is 10.0 Å². The van der Waals surface area contributed by atoms with Gasteiger partial charge in [0.15, 0.2) is 6.54 Å². The van der Waals surface area contributed by atoms with E-state index >= 15 is 0 Å². The van der Waals surface area contributed by atoms with Gasteiger partial charge < -0.3 is 9.32 Å². The summed E-state index contributed by atoms with van der Waals surface area (Å²) in [6.07, 6.45) is 0. The lowest BCUT2D eigenvalue weighted by Gasteiger charge is -2.12. The molecule has 0 aliphatic heterocycles. The van der Waals surface area contributed by atoms with Crippen LogP contribution in [0.15, 0.2) is 46.9 Å². The minimum atomic E-state index is -0.302. The van der Waals surface area contributed by atoms with Crippen molar-refractivity contribution in [3.8, 4) is 11.5 Å². The summed E-state index contributed by atoms with van der Waals surface area (Å²) in [5.74, 6) is 0.600. The van der Waals surface area contributed by atoms with Crippen LogP contribution in [0.3, 0.4) is 0 Å². The van der Waals surface area contributed by atoms with Crippen molar-refractivity contribution < 1.29 is 13.7 Å². The third-order valence-electron chi connectivity index (χ3n) is 3.50. The Morgan fingerprint density at radius 1 is 1.00 bits per heavy atom. The van der Waals surface area contributed by atoms with Gasteiger partial charge in [0.1, 0.15) is 12.4 Å². The number of aromatic nitrogens is 2. The Morgan fingerprint density at radius 3 is 2.46 bits per heavy atom. The summed E-state index contributed by atoms with van der Waals surface area (Å²) in [4.78, 5) is 1.16. The Kier molecular flexibility index (Phi) is 5.14. The third kappa shape index (κ3) is 4.12. The van der Waals surface area contributed by atoms with Crippen molar-refractivity contribution in [1.29, 1.82) is 0 Å². The van der Waals surface area contributed by atoms with E-state index in [1.165, 1.54) is 12.1 Å². The Labute approximate surface area is 148 Å². The van der Waals surface area contributed by atoms with Gasteiger partial charge in [0.2, 0.25) is 5.89 Å². The van der Waals surface area contributed by atoms with Crippen molar-refractivity contribution in [2.45, 2.75) is 13.1 Å². The maximum atomic E-state index is 13.0. The number of nitrogens with one attached hydrogen (secondary N) is 1. The zero-order valence-electron chi connectivity index (χ0n) is 12.9. The van der Waals surface area contributed by atoms with Crippen LogP contribution in [0.1, 0.15) is 11.5 Å². The van der Waals surface area contributed by atoms with Gasteiger partial charge >= 0.3 is 0 Å². The lowest BCUT2D eigenvalue weighted by molar-refractivity contribution is -0.909. The zero-order chi connectivity index (χ0) is 17.1. The smallest absolute Gasteiger partial charge is 0.271 e. The molecule has 7 heteroatoms. The minimum Gasteiger partial charge on any atom is -0.415 e. The summed E-state index contributed by atoms with van der Waals surface area (Å²) in [6, 6.07) is 11.5. The van der Waals surface area contributed by atoms with E-state index in [0.717, 1.165) is 17.0 Å². The number of quaternary nitrogens is 1. The number of hydrogen-bond acceptors (Lipinski definition) is 3. The van der Waals surface area contributed by atoms with E-state index in [1.807, 2.05) is 19.2 Å². The number of rotatable bonds is 5. The van der Waals surface area contributed by atoms with Crippen LogP contribution < -0.4 is 4.90 Å². The molecule has 24 heavy (non-hydrogen) atoms. The number of halogens is 3. The maximum Gasteiger partial charge on any atom is 0.271 e. The van der Waals surface area contributed by atoms with Gasteiger partial charge in [-0.2, -0.15) is 0 Å². The normalized spacial score (nSPS) is 12.3. The largest absolute Gasteiger partial charge is 0.415 e. The quantitative estimate of drug-likeness (QED) is 0.752. The Hall–Kier alpha value is -1.95. The summed E-state index contributed by atoms with van der Waals surface area (Å²) in [7, 11) is 2.02. The molecule has 0 spiro atoms. The Balaban J connectivity index is 1.65. The molecule has 0 aliphatic rings. The predicted molar refractivity (Wildman–Crippen MR) is 90.4 cm³/mol. The highest BCUT2D eigenvalue weighted by molar-refractivity contribution is 6.42. The standard InChI is InChI=1S/C17H14Cl2FN3O/c1-23(9-11-2-7-14(18)15(19)8-11)10-16-21-22-17(24-16)12-3-5-13(20)6-4-12/h2-8H,9-10H2,1H3/p+1. The molecule has 0 saturated heterocycles. The summed E-state index contributed by atoms with van der Waals surface area (Å²) >= 11 is 12.0. The Bertz CT molecular complexity index is 836. The molecule has 1 aromatic heterocycles. The van der Waals surface area contributed by atoms with Crippen molar-refractivity contribution in [2.75, 3.05) is 7.05 Å². The molecular weight excluding hydrogens is 352 g/mol. The average Bonchev–Trinajstić information content (AvgIpc) is 3.00. The first-order chi connectivity index (χ1) is 11.5. The first-order valence-corrected chi connectivity index (χ1v) is 8.10. The second kappa shape index (κ2) is 7.30. The molecular formula is C17H15Cl2FN3O+. The molecule has 3 aromatic rings. The monoisotopic (exact) mass is 366 g/mol. The molecule has 1 atom stereocenters. The van der Waals surface area contributed by atoms with E-state index in [9.17, 15) is 4.39 Å². The summed E-state index contributed by atoms with van der Waals surface area (Å²) in [5.41, 5.74) is 1.76. The first-order valence-electron chi connectivity index (χ1n) is 7.35. The van der Waals surface area contributed by atoms with E-state index in [0.29, 0.717) is 33.9 Å². The van der Waals surface area contributed by atoms with Gasteiger partial charge in [-0.05, 0) is 36.4 Å². The highest BCUT2D eigenvalue weighted by Gasteiger charge is 2.14. The van der Waals surface area contributed by atoms with Crippen LogP contribution in [-0.4, -0.2) is 17.2 Å². The molecule has 0 amide bonds. The van der Waals surface area contributed by atoms with Gasteiger partial charge in [-0.3, -0.25) is 0 Å². The highest BCUT2D eigenvalue weighted by Crippen LogP contribution is 2.22. The van der Waals surface area contributed by atoms with Gasteiger partial charge in [0.25, 0.3) is 5.89 Å². The predicted octanol–water partition coefficient (Wildman–Crippen LogP) is 3.40. The van der Waals surface area contributed by atoms with E-state index in [1.54, 1.807) is 18.2 Å². The molecule has 1 heterocycles. The Morgan fingerprint density at radius 2 is 1.75 bits per heavy atom. The van der Waals surface area contributed by atoms with Crippen molar-refractivity contribution in [2.24, 2.45) is 0 Å². The summed E-state index contributed by atoms with van der Waals surface area (Å²) in [6.45, 7) is 1.31. The summed E-state index contributed by atoms with van der Waals surface area (Å²) < 4.78 is 18.6. The molecule has 3 rings (SSSR count). The van der Waals surface area contributed by atoms with Crippen molar-refractivity contribution in [3.63, 3.8) is 0 Å². The van der Waals surface area contributed by atoms with Gasteiger partial charge in [0.05, 0.1) is 17.1 Å².